The summed E-state index contributed by atoms with van der Waals surface area (Å²) in [5.41, 5.74) is 7.01. The summed E-state index contributed by atoms with van der Waals surface area (Å²) >= 11 is 0. The normalized spacial score (nSPS) is 11.1. The summed E-state index contributed by atoms with van der Waals surface area (Å²) in [4.78, 5) is 48.6. The third-order valence-corrected chi connectivity index (χ3v) is 4.88. The minimum absolute atomic E-state index is 0.116. The van der Waals surface area contributed by atoms with Gasteiger partial charge in [0.2, 0.25) is 0 Å². The van der Waals surface area contributed by atoms with Crippen molar-refractivity contribution in [3.63, 3.8) is 0 Å². The summed E-state index contributed by atoms with van der Waals surface area (Å²) in [6.07, 6.45) is -0.918. The minimum atomic E-state index is -0.918. The number of aryl methyl sites for hydroxylation is 1. The van der Waals surface area contributed by atoms with E-state index in [1.165, 1.54) is 6.92 Å². The van der Waals surface area contributed by atoms with E-state index in [0.29, 0.717) is 22.4 Å². The molecule has 0 saturated heterocycles. The van der Waals surface area contributed by atoms with Crippen molar-refractivity contribution in [2.75, 3.05) is 6.54 Å². The molecule has 0 aromatic heterocycles. The quantitative estimate of drug-likeness (QED) is 0.354. The SMILES string of the molecule is Cc1ccc(C(=O)NCC(=O)NNC(=O)[C@@H](C)Oc2ccc(C(=O)c3ccccc3)cc2)cc1. The van der Waals surface area contributed by atoms with Gasteiger partial charge >= 0.3 is 0 Å². The van der Waals surface area contributed by atoms with Crippen molar-refractivity contribution >= 4 is 23.5 Å². The molecule has 0 saturated carbocycles. The first-order valence-corrected chi connectivity index (χ1v) is 10.6. The van der Waals surface area contributed by atoms with Crippen LogP contribution in [0.1, 0.15) is 38.8 Å². The summed E-state index contributed by atoms with van der Waals surface area (Å²) in [7, 11) is 0. The van der Waals surface area contributed by atoms with E-state index in [1.807, 2.05) is 13.0 Å². The number of hydrogen-bond donors (Lipinski definition) is 3. The summed E-state index contributed by atoms with van der Waals surface area (Å²) < 4.78 is 5.57. The van der Waals surface area contributed by atoms with Crippen molar-refractivity contribution in [1.82, 2.24) is 16.2 Å². The zero-order valence-corrected chi connectivity index (χ0v) is 18.8. The molecule has 8 nitrogen and oxygen atoms in total. The van der Waals surface area contributed by atoms with Gasteiger partial charge in [-0.15, -0.1) is 0 Å². The fraction of sp³-hybridized carbons (Fsp3) is 0.154. The lowest BCUT2D eigenvalue weighted by molar-refractivity contribution is -0.132. The molecule has 3 aromatic carbocycles. The molecule has 8 heteroatoms. The summed E-state index contributed by atoms with van der Waals surface area (Å²) in [5.74, 6) is -1.29. The number of ketones is 1. The Balaban J connectivity index is 1.42. The van der Waals surface area contributed by atoms with Crippen LogP contribution in [0, 0.1) is 6.92 Å². The molecule has 0 bridgehead atoms. The second-order valence-electron chi connectivity index (χ2n) is 7.57. The Morgan fingerprint density at radius 2 is 1.35 bits per heavy atom. The van der Waals surface area contributed by atoms with Gasteiger partial charge < -0.3 is 10.1 Å². The molecule has 3 N–H and O–H groups in total. The third kappa shape index (κ3) is 6.77. The van der Waals surface area contributed by atoms with E-state index in [1.54, 1.807) is 72.8 Å². The van der Waals surface area contributed by atoms with Crippen molar-refractivity contribution in [3.05, 3.63) is 101 Å². The van der Waals surface area contributed by atoms with E-state index in [9.17, 15) is 19.2 Å². The molecule has 0 aliphatic rings. The first-order chi connectivity index (χ1) is 16.3. The Labute approximate surface area is 197 Å². The molecule has 1 atom stereocenters. The highest BCUT2D eigenvalue weighted by atomic mass is 16.5. The molecule has 0 unspecified atom stereocenters. The fourth-order valence-corrected chi connectivity index (χ4v) is 2.94. The fourth-order valence-electron chi connectivity index (χ4n) is 2.94. The smallest absolute Gasteiger partial charge is 0.279 e. The van der Waals surface area contributed by atoms with Gasteiger partial charge in [0.1, 0.15) is 5.75 Å². The van der Waals surface area contributed by atoms with E-state index in [0.717, 1.165) is 5.56 Å². The molecule has 0 aliphatic carbocycles. The van der Waals surface area contributed by atoms with Crippen LogP contribution in [0.25, 0.3) is 0 Å². The van der Waals surface area contributed by atoms with Crippen LogP contribution in [-0.4, -0.2) is 36.2 Å². The molecule has 34 heavy (non-hydrogen) atoms. The van der Waals surface area contributed by atoms with Gasteiger partial charge in [-0.25, -0.2) is 0 Å². The van der Waals surface area contributed by atoms with Crippen molar-refractivity contribution < 1.29 is 23.9 Å². The topological polar surface area (TPSA) is 114 Å². The van der Waals surface area contributed by atoms with Crippen LogP contribution in [0.2, 0.25) is 0 Å². The number of nitrogens with one attached hydrogen (secondary N) is 3. The average molecular weight is 460 g/mol. The molecule has 3 aromatic rings. The highest BCUT2D eigenvalue weighted by Crippen LogP contribution is 2.16. The van der Waals surface area contributed by atoms with Gasteiger partial charge in [0.25, 0.3) is 17.7 Å². The number of amides is 3. The highest BCUT2D eigenvalue weighted by molar-refractivity contribution is 6.09. The maximum absolute atomic E-state index is 12.5. The Morgan fingerprint density at radius 1 is 0.765 bits per heavy atom. The summed E-state index contributed by atoms with van der Waals surface area (Å²) in [6, 6.07) is 22.2. The molecular weight excluding hydrogens is 434 g/mol. The summed E-state index contributed by atoms with van der Waals surface area (Å²) in [6.45, 7) is 3.12. The van der Waals surface area contributed by atoms with E-state index in [-0.39, 0.29) is 12.3 Å². The van der Waals surface area contributed by atoms with Crippen molar-refractivity contribution in [2.45, 2.75) is 20.0 Å². The molecule has 0 heterocycles. The Morgan fingerprint density at radius 3 is 2.00 bits per heavy atom. The Kier molecular flexibility index (Phi) is 8.12. The van der Waals surface area contributed by atoms with Gasteiger partial charge in [-0.1, -0.05) is 48.0 Å². The second kappa shape index (κ2) is 11.4. The van der Waals surface area contributed by atoms with Crippen LogP contribution >= 0.6 is 0 Å². The number of ether oxygens (including phenoxy) is 1. The lowest BCUT2D eigenvalue weighted by Crippen LogP contribution is -2.50. The number of benzene rings is 3. The molecule has 3 amide bonds. The van der Waals surface area contributed by atoms with Gasteiger partial charge in [0.05, 0.1) is 6.54 Å². The van der Waals surface area contributed by atoms with Crippen molar-refractivity contribution in [3.8, 4) is 5.75 Å². The van der Waals surface area contributed by atoms with E-state index in [2.05, 4.69) is 16.2 Å². The lowest BCUT2D eigenvalue weighted by Gasteiger charge is -2.15. The van der Waals surface area contributed by atoms with Gasteiger partial charge in [0, 0.05) is 16.7 Å². The maximum Gasteiger partial charge on any atom is 0.279 e. The number of carbonyl (C=O) groups is 4. The standard InChI is InChI=1S/C26H25N3O5/c1-17-8-10-21(11-9-17)26(33)27-16-23(30)28-29-25(32)18(2)34-22-14-12-20(13-15-22)24(31)19-6-4-3-5-7-19/h3-15,18H,16H2,1-2H3,(H,27,33)(H,28,30)(H,29,32)/t18-/m1/s1. The molecule has 0 fully saturated rings. The number of rotatable bonds is 8. The minimum Gasteiger partial charge on any atom is -0.481 e. The van der Waals surface area contributed by atoms with Crippen LogP contribution in [0.4, 0.5) is 0 Å². The Hall–Kier alpha value is -4.46. The molecular formula is C26H25N3O5. The van der Waals surface area contributed by atoms with Crippen LogP contribution in [0.15, 0.2) is 78.9 Å². The third-order valence-electron chi connectivity index (χ3n) is 4.88. The van der Waals surface area contributed by atoms with Gasteiger partial charge in [0.15, 0.2) is 11.9 Å². The molecule has 0 spiro atoms. The second-order valence-corrected chi connectivity index (χ2v) is 7.57. The van der Waals surface area contributed by atoms with E-state index >= 15 is 0 Å². The van der Waals surface area contributed by atoms with Crippen molar-refractivity contribution in [2.24, 2.45) is 0 Å². The van der Waals surface area contributed by atoms with Crippen LogP contribution in [0.3, 0.4) is 0 Å². The molecule has 0 radical (unpaired) electrons. The van der Waals surface area contributed by atoms with Crippen LogP contribution in [0.5, 0.6) is 5.75 Å². The number of hydrogen-bond acceptors (Lipinski definition) is 5. The van der Waals surface area contributed by atoms with Gasteiger partial charge in [-0.2, -0.15) is 0 Å². The van der Waals surface area contributed by atoms with Gasteiger partial charge in [-0.05, 0) is 50.2 Å². The van der Waals surface area contributed by atoms with Crippen LogP contribution < -0.4 is 20.9 Å². The highest BCUT2D eigenvalue weighted by Gasteiger charge is 2.16. The lowest BCUT2D eigenvalue weighted by atomic mass is 10.0. The average Bonchev–Trinajstić information content (AvgIpc) is 2.86. The van der Waals surface area contributed by atoms with E-state index in [4.69, 9.17) is 4.74 Å². The number of hydrazine groups is 1. The molecule has 174 valence electrons. The molecule has 3 rings (SSSR count). The monoisotopic (exact) mass is 459 g/mol. The first kappa shape index (κ1) is 24.2. The summed E-state index contributed by atoms with van der Waals surface area (Å²) in [5, 5.41) is 2.48. The van der Waals surface area contributed by atoms with Gasteiger partial charge in [-0.3, -0.25) is 30.0 Å². The van der Waals surface area contributed by atoms with Crippen molar-refractivity contribution in [1.29, 1.82) is 0 Å². The Bertz CT molecular complexity index is 1160. The molecule has 0 aliphatic heterocycles. The number of carbonyl (C=O) groups excluding carboxylic acids is 4. The largest absolute Gasteiger partial charge is 0.481 e. The van der Waals surface area contributed by atoms with Crippen LogP contribution in [-0.2, 0) is 9.59 Å². The predicted octanol–water partition coefficient (Wildman–Crippen LogP) is 2.57. The maximum atomic E-state index is 12.5. The van der Waals surface area contributed by atoms with E-state index < -0.39 is 23.8 Å². The zero-order valence-electron chi connectivity index (χ0n) is 18.8. The first-order valence-electron chi connectivity index (χ1n) is 10.6. The predicted molar refractivity (Wildman–Crippen MR) is 126 cm³/mol. The zero-order chi connectivity index (χ0) is 24.5.